The van der Waals surface area contributed by atoms with Crippen molar-refractivity contribution in [2.24, 2.45) is 0 Å². The molecule has 1 aliphatic rings. The summed E-state index contributed by atoms with van der Waals surface area (Å²) in [6.07, 6.45) is 0. The zero-order chi connectivity index (χ0) is 17.9. The molecule has 0 atom stereocenters. The molecule has 0 saturated carbocycles. The highest BCUT2D eigenvalue weighted by Crippen LogP contribution is 2.20. The molecule has 1 fully saturated rings. The van der Waals surface area contributed by atoms with Crippen LogP contribution in [0.1, 0.15) is 10.4 Å². The van der Waals surface area contributed by atoms with Crippen molar-refractivity contribution in [3.63, 3.8) is 0 Å². The topological polar surface area (TPSA) is 75.7 Å². The minimum absolute atomic E-state index is 0.0955. The Kier molecular flexibility index (Phi) is 5.39. The number of ether oxygens (including phenoxy) is 1. The van der Waals surface area contributed by atoms with Crippen LogP contribution in [0.2, 0.25) is 5.02 Å². The van der Waals surface area contributed by atoms with Gasteiger partial charge in [0.1, 0.15) is 0 Å². The summed E-state index contributed by atoms with van der Waals surface area (Å²) in [5, 5.41) is 3.28. The molecule has 0 aliphatic carbocycles. The second kappa shape index (κ2) is 7.53. The molecule has 1 amide bonds. The zero-order valence-corrected chi connectivity index (χ0v) is 14.9. The van der Waals surface area contributed by atoms with Crippen molar-refractivity contribution in [3.05, 3.63) is 59.1 Å². The summed E-state index contributed by atoms with van der Waals surface area (Å²) in [5.74, 6) is -0.388. The normalized spacial score (nSPS) is 15.7. The van der Waals surface area contributed by atoms with Crippen LogP contribution in [0, 0.1) is 0 Å². The SMILES string of the molecule is O=C(Nc1ccc(Cl)cc1)c1cccc(S(=O)(=O)N2CCOCC2)c1. The molecule has 0 spiro atoms. The van der Waals surface area contributed by atoms with Crippen LogP contribution in [0.3, 0.4) is 0 Å². The van der Waals surface area contributed by atoms with E-state index >= 15 is 0 Å². The number of carbonyl (C=O) groups excluding carboxylic acids is 1. The van der Waals surface area contributed by atoms with Gasteiger partial charge in [-0.2, -0.15) is 4.31 Å². The lowest BCUT2D eigenvalue weighted by atomic mass is 10.2. The molecule has 0 bridgehead atoms. The third-order valence-electron chi connectivity index (χ3n) is 3.81. The van der Waals surface area contributed by atoms with E-state index in [-0.39, 0.29) is 16.4 Å². The smallest absolute Gasteiger partial charge is 0.255 e. The summed E-state index contributed by atoms with van der Waals surface area (Å²) in [4.78, 5) is 12.5. The van der Waals surface area contributed by atoms with Gasteiger partial charge in [-0.05, 0) is 42.5 Å². The molecule has 0 unspecified atom stereocenters. The first-order chi connectivity index (χ1) is 12.0. The van der Waals surface area contributed by atoms with E-state index in [4.69, 9.17) is 16.3 Å². The molecule has 8 heteroatoms. The quantitative estimate of drug-likeness (QED) is 0.884. The van der Waals surface area contributed by atoms with E-state index in [0.29, 0.717) is 37.0 Å². The standard InChI is InChI=1S/C17H17ClN2O4S/c18-14-4-6-15(7-5-14)19-17(21)13-2-1-3-16(12-13)25(22,23)20-8-10-24-11-9-20/h1-7,12H,8-11H2,(H,19,21). The number of nitrogens with zero attached hydrogens (tertiary/aromatic N) is 1. The maximum atomic E-state index is 12.7. The summed E-state index contributed by atoms with van der Waals surface area (Å²) >= 11 is 5.82. The summed E-state index contributed by atoms with van der Waals surface area (Å²) in [5.41, 5.74) is 0.847. The average Bonchev–Trinajstić information content (AvgIpc) is 2.64. The first-order valence-corrected chi connectivity index (χ1v) is 9.53. The number of hydrogen-bond acceptors (Lipinski definition) is 4. The van der Waals surface area contributed by atoms with Crippen LogP contribution in [0.25, 0.3) is 0 Å². The number of nitrogens with one attached hydrogen (secondary N) is 1. The zero-order valence-electron chi connectivity index (χ0n) is 13.3. The highest BCUT2D eigenvalue weighted by Gasteiger charge is 2.26. The molecule has 0 aromatic heterocycles. The Morgan fingerprint density at radius 1 is 1.08 bits per heavy atom. The lowest BCUT2D eigenvalue weighted by Gasteiger charge is -2.26. The fraction of sp³-hybridized carbons (Fsp3) is 0.235. The Hall–Kier alpha value is -1.93. The lowest BCUT2D eigenvalue weighted by Crippen LogP contribution is -2.40. The fourth-order valence-corrected chi connectivity index (χ4v) is 4.05. The van der Waals surface area contributed by atoms with Crippen molar-refractivity contribution in [2.75, 3.05) is 31.6 Å². The molecule has 1 aliphatic heterocycles. The minimum atomic E-state index is -3.64. The van der Waals surface area contributed by atoms with Crippen molar-refractivity contribution in [1.82, 2.24) is 4.31 Å². The van der Waals surface area contributed by atoms with Gasteiger partial charge in [-0.15, -0.1) is 0 Å². The molecule has 3 rings (SSSR count). The summed E-state index contributed by atoms with van der Waals surface area (Å²) in [6.45, 7) is 1.36. The minimum Gasteiger partial charge on any atom is -0.379 e. The van der Waals surface area contributed by atoms with Gasteiger partial charge in [0.25, 0.3) is 5.91 Å². The highest BCUT2D eigenvalue weighted by atomic mass is 35.5. The van der Waals surface area contributed by atoms with Gasteiger partial charge < -0.3 is 10.1 Å². The average molecular weight is 381 g/mol. The molecule has 1 heterocycles. The molecule has 0 radical (unpaired) electrons. The second-order valence-corrected chi connectivity index (χ2v) is 7.88. The summed E-state index contributed by atoms with van der Waals surface area (Å²) in [6, 6.07) is 12.7. The molecular formula is C17H17ClN2O4S. The molecule has 1 saturated heterocycles. The van der Waals surface area contributed by atoms with Crippen molar-refractivity contribution >= 4 is 33.2 Å². The van der Waals surface area contributed by atoms with Gasteiger partial charge in [0.05, 0.1) is 18.1 Å². The molecule has 2 aromatic rings. The van der Waals surface area contributed by atoms with E-state index in [2.05, 4.69) is 5.32 Å². The molecular weight excluding hydrogens is 364 g/mol. The molecule has 1 N–H and O–H groups in total. The van der Waals surface area contributed by atoms with E-state index in [1.807, 2.05) is 0 Å². The van der Waals surface area contributed by atoms with Gasteiger partial charge in [-0.25, -0.2) is 8.42 Å². The first-order valence-electron chi connectivity index (χ1n) is 7.72. The summed E-state index contributed by atoms with van der Waals surface area (Å²) in [7, 11) is -3.64. The number of morpholine rings is 1. The maximum absolute atomic E-state index is 12.7. The van der Waals surface area contributed by atoms with E-state index in [0.717, 1.165) is 0 Å². The number of anilines is 1. The van der Waals surface area contributed by atoms with Crippen LogP contribution in [-0.2, 0) is 14.8 Å². The predicted molar refractivity (Wildman–Crippen MR) is 95.4 cm³/mol. The van der Waals surface area contributed by atoms with Gasteiger partial charge >= 0.3 is 0 Å². The number of amides is 1. The van der Waals surface area contributed by atoms with Crippen LogP contribution < -0.4 is 5.32 Å². The van der Waals surface area contributed by atoms with Crippen LogP contribution in [0.4, 0.5) is 5.69 Å². The molecule has 25 heavy (non-hydrogen) atoms. The molecule has 6 nitrogen and oxygen atoms in total. The lowest BCUT2D eigenvalue weighted by molar-refractivity contribution is 0.0730. The number of halogens is 1. The monoisotopic (exact) mass is 380 g/mol. The highest BCUT2D eigenvalue weighted by molar-refractivity contribution is 7.89. The van der Waals surface area contributed by atoms with Gasteiger partial charge in [0.2, 0.25) is 10.0 Å². The van der Waals surface area contributed by atoms with Crippen LogP contribution in [0.15, 0.2) is 53.4 Å². The van der Waals surface area contributed by atoms with Gasteiger partial charge in [0, 0.05) is 29.4 Å². The Morgan fingerprint density at radius 2 is 1.76 bits per heavy atom. The van der Waals surface area contributed by atoms with Gasteiger partial charge in [-0.3, -0.25) is 4.79 Å². The Labute approximate surface area is 151 Å². The first kappa shape index (κ1) is 17.9. The predicted octanol–water partition coefficient (Wildman–Crippen LogP) is 2.61. The number of rotatable bonds is 4. The van der Waals surface area contributed by atoms with E-state index in [1.165, 1.54) is 16.4 Å². The Bertz CT molecular complexity index is 862. The second-order valence-electron chi connectivity index (χ2n) is 5.51. The van der Waals surface area contributed by atoms with Crippen molar-refractivity contribution < 1.29 is 17.9 Å². The molecule has 2 aromatic carbocycles. The van der Waals surface area contributed by atoms with Crippen molar-refractivity contribution in [2.45, 2.75) is 4.90 Å². The van der Waals surface area contributed by atoms with Crippen molar-refractivity contribution in [3.8, 4) is 0 Å². The van der Waals surface area contributed by atoms with Crippen LogP contribution in [-0.4, -0.2) is 44.9 Å². The Balaban J connectivity index is 1.80. The van der Waals surface area contributed by atoms with Gasteiger partial charge in [0.15, 0.2) is 0 Å². The number of hydrogen-bond donors (Lipinski definition) is 1. The largest absolute Gasteiger partial charge is 0.379 e. The maximum Gasteiger partial charge on any atom is 0.255 e. The third kappa shape index (κ3) is 4.19. The Morgan fingerprint density at radius 3 is 2.44 bits per heavy atom. The number of carbonyl (C=O) groups is 1. The van der Waals surface area contributed by atoms with Gasteiger partial charge in [-0.1, -0.05) is 17.7 Å². The van der Waals surface area contributed by atoms with Crippen molar-refractivity contribution in [1.29, 1.82) is 0 Å². The summed E-state index contributed by atoms with van der Waals surface area (Å²) < 4.78 is 31.9. The van der Waals surface area contributed by atoms with Crippen LogP contribution in [0.5, 0.6) is 0 Å². The number of benzene rings is 2. The fourth-order valence-electron chi connectivity index (χ4n) is 2.47. The van der Waals surface area contributed by atoms with E-state index < -0.39 is 10.0 Å². The third-order valence-corrected chi connectivity index (χ3v) is 5.95. The van der Waals surface area contributed by atoms with E-state index in [9.17, 15) is 13.2 Å². The van der Waals surface area contributed by atoms with E-state index in [1.54, 1.807) is 36.4 Å². The molecule has 132 valence electrons. The number of sulfonamides is 1. The van der Waals surface area contributed by atoms with Crippen LogP contribution >= 0.6 is 11.6 Å².